The molecule has 88 valence electrons. The Morgan fingerprint density at radius 3 is 2.59 bits per heavy atom. The van der Waals surface area contributed by atoms with Crippen LogP contribution in [0.15, 0.2) is 30.5 Å². The van der Waals surface area contributed by atoms with E-state index in [9.17, 15) is 0 Å². The molecule has 1 aromatic heterocycles. The van der Waals surface area contributed by atoms with Crippen LogP contribution in [-0.2, 0) is 0 Å². The zero-order valence-corrected chi connectivity index (χ0v) is 10.2. The first kappa shape index (κ1) is 11.4. The van der Waals surface area contributed by atoms with Gasteiger partial charge < -0.3 is 10.1 Å². The summed E-state index contributed by atoms with van der Waals surface area (Å²) in [6.45, 7) is 3.93. The topological polar surface area (TPSA) is 47.0 Å². The number of anilines is 1. The number of benzene rings is 1. The van der Waals surface area contributed by atoms with Crippen LogP contribution in [0.2, 0.25) is 0 Å². The second-order valence-corrected chi connectivity index (χ2v) is 3.80. The van der Waals surface area contributed by atoms with Gasteiger partial charge in [0, 0.05) is 18.8 Å². The van der Waals surface area contributed by atoms with Gasteiger partial charge in [-0.05, 0) is 25.5 Å². The van der Waals surface area contributed by atoms with Crippen molar-refractivity contribution in [2.75, 3.05) is 12.4 Å². The van der Waals surface area contributed by atoms with E-state index < -0.39 is 0 Å². The van der Waals surface area contributed by atoms with E-state index in [-0.39, 0.29) is 0 Å². The monoisotopic (exact) mass is 229 g/mol. The molecular formula is C13H15N3O. The minimum Gasteiger partial charge on any atom is -0.438 e. The Kier molecular flexibility index (Phi) is 3.23. The van der Waals surface area contributed by atoms with E-state index in [4.69, 9.17) is 4.74 Å². The summed E-state index contributed by atoms with van der Waals surface area (Å²) in [4.78, 5) is 8.40. The maximum absolute atomic E-state index is 5.79. The molecule has 1 N–H and O–H groups in total. The molecule has 0 unspecified atom stereocenters. The molecule has 2 rings (SSSR count). The third-order valence-corrected chi connectivity index (χ3v) is 2.45. The highest BCUT2D eigenvalue weighted by atomic mass is 16.5. The van der Waals surface area contributed by atoms with Crippen LogP contribution in [0.3, 0.4) is 0 Å². The van der Waals surface area contributed by atoms with Gasteiger partial charge in [-0.25, -0.2) is 4.98 Å². The van der Waals surface area contributed by atoms with Gasteiger partial charge in [-0.15, -0.1) is 0 Å². The van der Waals surface area contributed by atoms with E-state index in [1.807, 2.05) is 38.1 Å². The van der Waals surface area contributed by atoms with Gasteiger partial charge in [0.2, 0.25) is 11.8 Å². The van der Waals surface area contributed by atoms with Gasteiger partial charge >= 0.3 is 0 Å². The highest BCUT2D eigenvalue weighted by Crippen LogP contribution is 2.25. The van der Waals surface area contributed by atoms with Crippen molar-refractivity contribution in [1.29, 1.82) is 0 Å². The number of nitrogens with one attached hydrogen (secondary N) is 1. The number of aromatic nitrogens is 2. The van der Waals surface area contributed by atoms with Gasteiger partial charge in [0.15, 0.2) is 0 Å². The summed E-state index contributed by atoms with van der Waals surface area (Å²) in [6, 6.07) is 7.85. The fourth-order valence-electron chi connectivity index (χ4n) is 1.43. The van der Waals surface area contributed by atoms with E-state index >= 15 is 0 Å². The molecule has 1 heterocycles. The minimum atomic E-state index is 0.555. The predicted octanol–water partition coefficient (Wildman–Crippen LogP) is 2.93. The van der Waals surface area contributed by atoms with E-state index in [2.05, 4.69) is 15.3 Å². The third-order valence-electron chi connectivity index (χ3n) is 2.45. The van der Waals surface area contributed by atoms with E-state index in [1.165, 1.54) is 0 Å². The first-order valence-electron chi connectivity index (χ1n) is 5.45. The summed E-state index contributed by atoms with van der Waals surface area (Å²) in [5.74, 6) is 1.95. The molecule has 0 saturated carbocycles. The maximum Gasteiger partial charge on any atom is 0.226 e. The van der Waals surface area contributed by atoms with Crippen molar-refractivity contribution in [3.05, 3.63) is 41.6 Å². The first-order valence-corrected chi connectivity index (χ1v) is 5.45. The average Bonchev–Trinajstić information content (AvgIpc) is 2.35. The molecule has 0 saturated heterocycles. The Hall–Kier alpha value is -2.10. The summed E-state index contributed by atoms with van der Waals surface area (Å²) >= 11 is 0. The zero-order valence-electron chi connectivity index (χ0n) is 10.2. The number of ether oxygens (including phenoxy) is 1. The molecule has 1 aromatic carbocycles. The van der Waals surface area contributed by atoms with Crippen molar-refractivity contribution in [2.24, 2.45) is 0 Å². The second kappa shape index (κ2) is 4.82. The van der Waals surface area contributed by atoms with Gasteiger partial charge in [0.1, 0.15) is 5.75 Å². The van der Waals surface area contributed by atoms with Crippen LogP contribution in [-0.4, -0.2) is 17.0 Å². The lowest BCUT2D eigenvalue weighted by Crippen LogP contribution is -2.00. The highest BCUT2D eigenvalue weighted by molar-refractivity contribution is 5.38. The van der Waals surface area contributed by atoms with Crippen molar-refractivity contribution in [1.82, 2.24) is 9.97 Å². The maximum atomic E-state index is 5.79. The Bertz CT molecular complexity index is 526. The van der Waals surface area contributed by atoms with E-state index in [0.717, 1.165) is 16.9 Å². The standard InChI is InChI=1S/C13H15N3O/c1-9-6-4-5-7-11(9)17-12-10(2)8-15-13(14-3)16-12/h4-8H,1-3H3,(H,14,15,16). The fourth-order valence-corrected chi connectivity index (χ4v) is 1.43. The van der Waals surface area contributed by atoms with E-state index in [1.54, 1.807) is 13.2 Å². The Balaban J connectivity index is 2.32. The highest BCUT2D eigenvalue weighted by Gasteiger charge is 2.06. The number of hydrogen-bond acceptors (Lipinski definition) is 4. The smallest absolute Gasteiger partial charge is 0.226 e. The van der Waals surface area contributed by atoms with Crippen molar-refractivity contribution in [3.63, 3.8) is 0 Å². The van der Waals surface area contributed by atoms with Crippen LogP contribution < -0.4 is 10.1 Å². The molecule has 0 radical (unpaired) electrons. The Morgan fingerprint density at radius 2 is 1.88 bits per heavy atom. The molecule has 0 aliphatic heterocycles. The molecule has 0 spiro atoms. The van der Waals surface area contributed by atoms with E-state index in [0.29, 0.717) is 11.8 Å². The normalized spacial score (nSPS) is 10.1. The van der Waals surface area contributed by atoms with Gasteiger partial charge in [-0.3, -0.25) is 0 Å². The van der Waals surface area contributed by atoms with Crippen molar-refractivity contribution >= 4 is 5.95 Å². The van der Waals surface area contributed by atoms with Crippen molar-refractivity contribution in [3.8, 4) is 11.6 Å². The minimum absolute atomic E-state index is 0.555. The summed E-state index contributed by atoms with van der Waals surface area (Å²) in [7, 11) is 1.78. The molecular weight excluding hydrogens is 214 g/mol. The van der Waals surface area contributed by atoms with Gasteiger partial charge in [-0.2, -0.15) is 4.98 Å². The lowest BCUT2D eigenvalue weighted by Gasteiger charge is -2.10. The number of rotatable bonds is 3. The quantitative estimate of drug-likeness (QED) is 0.879. The number of para-hydroxylation sites is 1. The molecule has 0 fully saturated rings. The van der Waals surface area contributed by atoms with Gasteiger partial charge in [-0.1, -0.05) is 18.2 Å². The van der Waals surface area contributed by atoms with Crippen LogP contribution in [0.4, 0.5) is 5.95 Å². The molecule has 0 bridgehead atoms. The molecule has 0 atom stereocenters. The van der Waals surface area contributed by atoms with Gasteiger partial charge in [0.05, 0.1) is 0 Å². The van der Waals surface area contributed by atoms with Gasteiger partial charge in [0.25, 0.3) is 0 Å². The third kappa shape index (κ3) is 2.53. The molecule has 0 aliphatic carbocycles. The van der Waals surface area contributed by atoms with Crippen LogP contribution in [0.1, 0.15) is 11.1 Å². The van der Waals surface area contributed by atoms with Crippen LogP contribution in [0.25, 0.3) is 0 Å². The van der Waals surface area contributed by atoms with Crippen LogP contribution in [0.5, 0.6) is 11.6 Å². The number of aryl methyl sites for hydroxylation is 2. The second-order valence-electron chi connectivity index (χ2n) is 3.80. The lowest BCUT2D eigenvalue weighted by atomic mass is 10.2. The number of hydrogen-bond donors (Lipinski definition) is 1. The molecule has 17 heavy (non-hydrogen) atoms. The lowest BCUT2D eigenvalue weighted by molar-refractivity contribution is 0.455. The fraction of sp³-hybridized carbons (Fsp3) is 0.231. The summed E-state index contributed by atoms with van der Waals surface area (Å²) in [5, 5.41) is 2.89. The van der Waals surface area contributed by atoms with Crippen molar-refractivity contribution < 1.29 is 4.74 Å². The van der Waals surface area contributed by atoms with Crippen LogP contribution in [0, 0.1) is 13.8 Å². The molecule has 4 nitrogen and oxygen atoms in total. The average molecular weight is 229 g/mol. The first-order chi connectivity index (χ1) is 8.20. The molecule has 0 aliphatic rings. The molecule has 2 aromatic rings. The number of nitrogens with zero attached hydrogens (tertiary/aromatic N) is 2. The van der Waals surface area contributed by atoms with Crippen LogP contribution >= 0.6 is 0 Å². The Morgan fingerprint density at radius 1 is 1.12 bits per heavy atom. The summed E-state index contributed by atoms with van der Waals surface area (Å²) in [5.41, 5.74) is 1.99. The molecule has 0 amide bonds. The van der Waals surface area contributed by atoms with Crippen molar-refractivity contribution in [2.45, 2.75) is 13.8 Å². The predicted molar refractivity (Wildman–Crippen MR) is 67.6 cm³/mol. The summed E-state index contributed by atoms with van der Waals surface area (Å²) in [6.07, 6.45) is 1.74. The largest absolute Gasteiger partial charge is 0.438 e. The summed E-state index contributed by atoms with van der Waals surface area (Å²) < 4.78 is 5.79. The SMILES string of the molecule is CNc1ncc(C)c(Oc2ccccc2C)n1. The Labute approximate surface area is 101 Å². The molecule has 4 heteroatoms. The zero-order chi connectivity index (χ0) is 12.3.